The number of hydrogen-bond donors (Lipinski definition) is 1. The van der Waals surface area contributed by atoms with E-state index in [4.69, 9.17) is 4.74 Å². The molecule has 2 aromatic heterocycles. The van der Waals surface area contributed by atoms with Crippen molar-refractivity contribution in [2.24, 2.45) is 14.1 Å². The average molecular weight is 316 g/mol. The molecule has 2 atom stereocenters. The Bertz CT molecular complexity index is 765. The van der Waals surface area contributed by atoms with Gasteiger partial charge >= 0.3 is 0 Å². The third kappa shape index (κ3) is 3.28. The van der Waals surface area contributed by atoms with Gasteiger partial charge in [-0.3, -0.25) is 14.3 Å². The van der Waals surface area contributed by atoms with Crippen molar-refractivity contribution in [1.29, 1.82) is 0 Å². The van der Waals surface area contributed by atoms with Gasteiger partial charge in [-0.1, -0.05) is 6.07 Å². The van der Waals surface area contributed by atoms with Gasteiger partial charge in [0.05, 0.1) is 18.4 Å². The molecule has 0 spiro atoms. The zero-order valence-electron chi connectivity index (χ0n) is 13.2. The van der Waals surface area contributed by atoms with E-state index in [0.717, 1.165) is 19.3 Å². The lowest BCUT2D eigenvalue weighted by Crippen LogP contribution is -2.43. The summed E-state index contributed by atoms with van der Waals surface area (Å²) in [6.07, 6.45) is 6.12. The quantitative estimate of drug-likeness (QED) is 0.907. The topological polar surface area (TPSA) is 78.1 Å². The fraction of sp³-hybridized carbons (Fsp3) is 0.438. The van der Waals surface area contributed by atoms with Crippen LogP contribution >= 0.6 is 0 Å². The lowest BCUT2D eigenvalue weighted by atomic mass is 10.2. The highest BCUT2D eigenvalue weighted by atomic mass is 16.5. The minimum atomic E-state index is -0.253. The largest absolute Gasteiger partial charge is 0.485 e. The monoisotopic (exact) mass is 316 g/mol. The number of pyridine rings is 1. The van der Waals surface area contributed by atoms with E-state index >= 15 is 0 Å². The lowest BCUT2D eigenvalue weighted by Gasteiger charge is -2.22. The van der Waals surface area contributed by atoms with Crippen LogP contribution in [-0.2, 0) is 14.1 Å². The molecule has 2 heterocycles. The van der Waals surface area contributed by atoms with Gasteiger partial charge in [-0.05, 0) is 25.3 Å². The number of hydrogen-bond acceptors (Lipinski definition) is 4. The first-order valence-electron chi connectivity index (χ1n) is 7.67. The van der Waals surface area contributed by atoms with E-state index < -0.39 is 0 Å². The summed E-state index contributed by atoms with van der Waals surface area (Å²) >= 11 is 0. The van der Waals surface area contributed by atoms with Crippen molar-refractivity contribution in [3.05, 3.63) is 46.6 Å². The second-order valence-corrected chi connectivity index (χ2v) is 5.83. The number of ether oxygens (including phenoxy) is 1. The molecule has 1 aliphatic rings. The van der Waals surface area contributed by atoms with E-state index in [1.54, 1.807) is 36.3 Å². The molecule has 122 valence electrons. The Morgan fingerprint density at radius 1 is 1.35 bits per heavy atom. The summed E-state index contributed by atoms with van der Waals surface area (Å²) in [6, 6.07) is 4.59. The molecule has 0 aromatic carbocycles. The Kier molecular flexibility index (Phi) is 4.18. The maximum absolute atomic E-state index is 12.4. The maximum Gasteiger partial charge on any atom is 0.268 e. The minimum Gasteiger partial charge on any atom is -0.485 e. The second-order valence-electron chi connectivity index (χ2n) is 5.83. The van der Waals surface area contributed by atoms with Crippen molar-refractivity contribution in [2.75, 3.05) is 0 Å². The van der Waals surface area contributed by atoms with E-state index in [9.17, 15) is 9.59 Å². The smallest absolute Gasteiger partial charge is 0.268 e. The van der Waals surface area contributed by atoms with Crippen LogP contribution in [0.15, 0.2) is 35.4 Å². The van der Waals surface area contributed by atoms with Crippen LogP contribution in [0.2, 0.25) is 0 Å². The molecule has 0 radical (unpaired) electrons. The fourth-order valence-electron chi connectivity index (χ4n) is 2.90. The molecule has 7 heteroatoms. The van der Waals surface area contributed by atoms with Gasteiger partial charge in [0.1, 0.15) is 11.8 Å². The van der Waals surface area contributed by atoms with Crippen molar-refractivity contribution < 1.29 is 9.53 Å². The Labute approximate surface area is 133 Å². The van der Waals surface area contributed by atoms with Crippen molar-refractivity contribution in [3.63, 3.8) is 0 Å². The van der Waals surface area contributed by atoms with E-state index in [1.165, 1.54) is 10.6 Å². The zero-order valence-corrected chi connectivity index (χ0v) is 13.2. The molecule has 0 saturated heterocycles. The number of nitrogens with zero attached hydrogens (tertiary/aromatic N) is 3. The normalized spacial score (nSPS) is 20.4. The van der Waals surface area contributed by atoms with Crippen molar-refractivity contribution in [3.8, 4) is 5.75 Å². The van der Waals surface area contributed by atoms with Gasteiger partial charge in [0.15, 0.2) is 5.75 Å². The number of nitrogens with one attached hydrogen (secondary N) is 1. The SMILES string of the molecule is Cn1cc(O[C@@H]2CCC[C@@H]2NC(=O)c2cccc(=O)n2C)cn1. The molecular weight excluding hydrogens is 296 g/mol. The summed E-state index contributed by atoms with van der Waals surface area (Å²) in [5, 5.41) is 7.07. The van der Waals surface area contributed by atoms with Crippen LogP contribution in [-0.4, -0.2) is 32.4 Å². The van der Waals surface area contributed by atoms with Gasteiger partial charge in [-0.2, -0.15) is 5.10 Å². The Morgan fingerprint density at radius 3 is 2.91 bits per heavy atom. The molecule has 1 aliphatic carbocycles. The number of carbonyl (C=O) groups is 1. The van der Waals surface area contributed by atoms with Crippen LogP contribution in [0.25, 0.3) is 0 Å². The summed E-state index contributed by atoms with van der Waals surface area (Å²) in [5.41, 5.74) is 0.150. The van der Waals surface area contributed by atoms with Gasteiger partial charge < -0.3 is 14.6 Å². The van der Waals surface area contributed by atoms with E-state index in [1.807, 2.05) is 7.05 Å². The molecule has 1 N–H and O–H groups in total. The predicted molar refractivity (Wildman–Crippen MR) is 84.4 cm³/mol. The summed E-state index contributed by atoms with van der Waals surface area (Å²) in [5.74, 6) is 0.447. The van der Waals surface area contributed by atoms with Crippen LogP contribution in [0.4, 0.5) is 0 Å². The highest BCUT2D eigenvalue weighted by Crippen LogP contribution is 2.24. The molecule has 2 aromatic rings. The van der Waals surface area contributed by atoms with E-state index in [-0.39, 0.29) is 23.6 Å². The highest BCUT2D eigenvalue weighted by Gasteiger charge is 2.31. The van der Waals surface area contributed by atoms with Crippen molar-refractivity contribution in [2.45, 2.75) is 31.4 Å². The van der Waals surface area contributed by atoms with Crippen LogP contribution in [0.3, 0.4) is 0 Å². The van der Waals surface area contributed by atoms with Crippen LogP contribution < -0.4 is 15.6 Å². The molecule has 0 unspecified atom stereocenters. The van der Waals surface area contributed by atoms with Crippen molar-refractivity contribution >= 4 is 5.91 Å². The van der Waals surface area contributed by atoms with Gasteiger partial charge in [0.25, 0.3) is 11.5 Å². The number of aryl methyl sites for hydroxylation is 1. The van der Waals surface area contributed by atoms with Gasteiger partial charge in [0.2, 0.25) is 0 Å². The zero-order chi connectivity index (χ0) is 16.4. The second kappa shape index (κ2) is 6.28. The Morgan fingerprint density at radius 2 is 2.17 bits per heavy atom. The highest BCUT2D eigenvalue weighted by molar-refractivity contribution is 5.92. The molecular formula is C16H20N4O3. The summed E-state index contributed by atoms with van der Waals surface area (Å²) in [6.45, 7) is 0. The third-order valence-electron chi connectivity index (χ3n) is 4.16. The first-order valence-corrected chi connectivity index (χ1v) is 7.67. The summed E-state index contributed by atoms with van der Waals surface area (Å²) in [7, 11) is 3.42. The lowest BCUT2D eigenvalue weighted by molar-refractivity contribution is 0.0884. The Hall–Kier alpha value is -2.57. The maximum atomic E-state index is 12.4. The van der Waals surface area contributed by atoms with Gasteiger partial charge in [0, 0.05) is 20.2 Å². The minimum absolute atomic E-state index is 0.0713. The molecule has 0 aliphatic heterocycles. The van der Waals surface area contributed by atoms with Gasteiger partial charge in [-0.15, -0.1) is 0 Å². The first-order chi connectivity index (χ1) is 11.0. The third-order valence-corrected chi connectivity index (χ3v) is 4.16. The molecule has 3 rings (SSSR count). The van der Waals surface area contributed by atoms with E-state index in [0.29, 0.717) is 11.4 Å². The molecule has 1 amide bonds. The molecule has 1 fully saturated rings. The van der Waals surface area contributed by atoms with Crippen LogP contribution in [0, 0.1) is 0 Å². The summed E-state index contributed by atoms with van der Waals surface area (Å²) < 4.78 is 8.96. The van der Waals surface area contributed by atoms with Crippen LogP contribution in [0.1, 0.15) is 29.8 Å². The number of aromatic nitrogens is 3. The number of rotatable bonds is 4. The molecule has 23 heavy (non-hydrogen) atoms. The standard InChI is InChI=1S/C16H20N4O3/c1-19-10-11(9-17-19)23-14-7-3-5-12(14)18-16(22)13-6-4-8-15(21)20(13)2/h4,6,8-10,12,14H,3,5,7H2,1-2H3,(H,18,22)/t12-,14+/m0/s1. The van der Waals surface area contributed by atoms with Crippen LogP contribution in [0.5, 0.6) is 5.75 Å². The average Bonchev–Trinajstić information content (AvgIpc) is 3.12. The van der Waals surface area contributed by atoms with Gasteiger partial charge in [-0.25, -0.2) is 0 Å². The number of amides is 1. The first kappa shape index (κ1) is 15.3. The molecule has 7 nitrogen and oxygen atoms in total. The Balaban J connectivity index is 1.69. The number of carbonyl (C=O) groups excluding carboxylic acids is 1. The summed E-state index contributed by atoms with van der Waals surface area (Å²) in [4.78, 5) is 24.1. The fourth-order valence-corrected chi connectivity index (χ4v) is 2.90. The van der Waals surface area contributed by atoms with E-state index in [2.05, 4.69) is 10.4 Å². The molecule has 1 saturated carbocycles. The predicted octanol–water partition coefficient (Wildman–Crippen LogP) is 0.849. The molecule has 0 bridgehead atoms. The van der Waals surface area contributed by atoms with Crippen molar-refractivity contribution in [1.82, 2.24) is 19.7 Å².